The molecular weight excluding hydrogens is 386 g/mol. The highest BCUT2D eigenvalue weighted by molar-refractivity contribution is 5.88. The van der Waals surface area contributed by atoms with Gasteiger partial charge in [-0.15, -0.1) is 0 Å². The number of ether oxygens (including phenoxy) is 1. The first-order valence-corrected chi connectivity index (χ1v) is 8.50. The van der Waals surface area contributed by atoms with Crippen LogP contribution in [0, 0.1) is 6.92 Å². The van der Waals surface area contributed by atoms with E-state index in [1.54, 1.807) is 6.92 Å². The van der Waals surface area contributed by atoms with Crippen LogP contribution in [0.4, 0.5) is 26.1 Å². The average Bonchev–Trinajstić information content (AvgIpc) is 3.13. The molecule has 0 spiro atoms. The van der Waals surface area contributed by atoms with Gasteiger partial charge in [-0.3, -0.25) is 4.79 Å². The summed E-state index contributed by atoms with van der Waals surface area (Å²) in [4.78, 5) is 23.1. The number of pyridine rings is 1. The normalized spacial score (nSPS) is 11.2. The molecule has 0 aliphatic rings. The number of nitrogens with one attached hydrogen (secondary N) is 2. The SMILES string of the molecule is CC(=O)Nc1cc(Nc2cc(C)nc(C(C)(F)F)n2)c(OCc2cnoc2)cn1. The van der Waals surface area contributed by atoms with Crippen molar-refractivity contribution in [3.05, 3.63) is 47.9 Å². The molecule has 0 unspecified atom stereocenters. The maximum atomic E-state index is 13.7. The minimum absolute atomic E-state index is 0.139. The Morgan fingerprint density at radius 1 is 1.24 bits per heavy atom. The van der Waals surface area contributed by atoms with Crippen molar-refractivity contribution in [3.8, 4) is 5.75 Å². The van der Waals surface area contributed by atoms with E-state index in [0.717, 1.165) is 6.92 Å². The van der Waals surface area contributed by atoms with E-state index in [4.69, 9.17) is 9.26 Å². The van der Waals surface area contributed by atoms with Crippen molar-refractivity contribution < 1.29 is 22.8 Å². The van der Waals surface area contributed by atoms with Crippen LogP contribution in [0.25, 0.3) is 0 Å². The summed E-state index contributed by atoms with van der Waals surface area (Å²) in [6, 6.07) is 3.02. The lowest BCUT2D eigenvalue weighted by molar-refractivity contribution is -0.114. The van der Waals surface area contributed by atoms with Crippen molar-refractivity contribution >= 4 is 23.2 Å². The number of amides is 1. The molecule has 0 saturated heterocycles. The van der Waals surface area contributed by atoms with Crippen LogP contribution in [0.5, 0.6) is 5.75 Å². The standard InChI is InChI=1S/C18H18F2N6O3/c1-10-4-16(26-17(23-10)18(3,19)20)25-13-5-15(24-11(2)27)21-7-14(13)28-8-12-6-22-29-9-12/h4-7,9H,8H2,1-3H3,(H2,21,23,24,25,26,27). The van der Waals surface area contributed by atoms with Gasteiger partial charge in [-0.1, -0.05) is 5.16 Å². The number of carbonyl (C=O) groups excluding carboxylic acids is 1. The molecule has 0 radical (unpaired) electrons. The summed E-state index contributed by atoms with van der Waals surface area (Å²) >= 11 is 0. The van der Waals surface area contributed by atoms with E-state index in [2.05, 4.69) is 30.7 Å². The fourth-order valence-electron chi connectivity index (χ4n) is 2.33. The van der Waals surface area contributed by atoms with Crippen LogP contribution in [-0.2, 0) is 17.3 Å². The molecular formula is C18H18F2N6O3. The maximum Gasteiger partial charge on any atom is 0.303 e. The van der Waals surface area contributed by atoms with Gasteiger partial charge in [0.05, 0.1) is 18.1 Å². The lowest BCUT2D eigenvalue weighted by Gasteiger charge is -2.15. The quantitative estimate of drug-likeness (QED) is 0.614. The molecule has 3 aromatic rings. The Kier molecular flexibility index (Phi) is 5.66. The molecule has 0 aliphatic heterocycles. The van der Waals surface area contributed by atoms with E-state index in [1.165, 1.54) is 37.7 Å². The number of alkyl halides is 2. The minimum Gasteiger partial charge on any atom is -0.485 e. The molecule has 3 rings (SSSR count). The third kappa shape index (κ3) is 5.43. The zero-order chi connectivity index (χ0) is 21.0. The van der Waals surface area contributed by atoms with Gasteiger partial charge < -0.3 is 19.9 Å². The molecule has 152 valence electrons. The molecule has 9 nitrogen and oxygen atoms in total. The summed E-state index contributed by atoms with van der Waals surface area (Å²) in [6.45, 7) is 3.79. The number of aryl methyl sites for hydroxylation is 1. The van der Waals surface area contributed by atoms with E-state index in [0.29, 0.717) is 22.7 Å². The second-order valence-corrected chi connectivity index (χ2v) is 6.30. The van der Waals surface area contributed by atoms with Gasteiger partial charge >= 0.3 is 5.92 Å². The topological polar surface area (TPSA) is 115 Å². The van der Waals surface area contributed by atoms with E-state index in [1.807, 2.05) is 0 Å². The first kappa shape index (κ1) is 20.1. The molecule has 0 bridgehead atoms. The number of anilines is 3. The van der Waals surface area contributed by atoms with Gasteiger partial charge in [-0.2, -0.15) is 8.78 Å². The Morgan fingerprint density at radius 3 is 2.69 bits per heavy atom. The Labute approximate surface area is 164 Å². The summed E-state index contributed by atoms with van der Waals surface area (Å²) in [5, 5.41) is 9.07. The van der Waals surface area contributed by atoms with Crippen molar-refractivity contribution in [1.29, 1.82) is 0 Å². The molecule has 0 saturated carbocycles. The van der Waals surface area contributed by atoms with E-state index < -0.39 is 11.7 Å². The van der Waals surface area contributed by atoms with Crippen LogP contribution in [0.15, 0.2) is 35.3 Å². The third-order valence-electron chi connectivity index (χ3n) is 3.56. The Hall–Kier alpha value is -3.63. The third-order valence-corrected chi connectivity index (χ3v) is 3.56. The van der Waals surface area contributed by atoms with Crippen molar-refractivity contribution in [2.75, 3.05) is 10.6 Å². The molecule has 3 aromatic heterocycles. The van der Waals surface area contributed by atoms with Gasteiger partial charge in [-0.25, -0.2) is 15.0 Å². The molecule has 2 N–H and O–H groups in total. The molecule has 0 atom stereocenters. The Morgan fingerprint density at radius 2 is 2.03 bits per heavy atom. The highest BCUT2D eigenvalue weighted by Crippen LogP contribution is 2.31. The molecule has 0 aromatic carbocycles. The predicted octanol–water partition coefficient (Wildman–Crippen LogP) is 3.56. The van der Waals surface area contributed by atoms with Crippen LogP contribution in [0.1, 0.15) is 30.9 Å². The Bertz CT molecular complexity index is 1010. The molecule has 11 heteroatoms. The van der Waals surface area contributed by atoms with Crippen LogP contribution >= 0.6 is 0 Å². The second-order valence-electron chi connectivity index (χ2n) is 6.30. The number of aromatic nitrogens is 4. The van der Waals surface area contributed by atoms with Gasteiger partial charge in [0, 0.05) is 37.2 Å². The van der Waals surface area contributed by atoms with Crippen LogP contribution < -0.4 is 15.4 Å². The van der Waals surface area contributed by atoms with Crippen LogP contribution in [-0.4, -0.2) is 26.0 Å². The second kappa shape index (κ2) is 8.17. The first-order valence-electron chi connectivity index (χ1n) is 8.50. The molecule has 29 heavy (non-hydrogen) atoms. The zero-order valence-corrected chi connectivity index (χ0v) is 15.9. The van der Waals surface area contributed by atoms with E-state index in [9.17, 15) is 13.6 Å². The number of hydrogen-bond donors (Lipinski definition) is 2. The summed E-state index contributed by atoms with van der Waals surface area (Å²) in [6.07, 6.45) is 4.32. The monoisotopic (exact) mass is 404 g/mol. The number of rotatable bonds is 7. The predicted molar refractivity (Wildman–Crippen MR) is 99.0 cm³/mol. The molecule has 1 amide bonds. The van der Waals surface area contributed by atoms with Gasteiger partial charge in [0.1, 0.15) is 24.5 Å². The number of halogens is 2. The smallest absolute Gasteiger partial charge is 0.303 e. The van der Waals surface area contributed by atoms with Crippen molar-refractivity contribution in [1.82, 2.24) is 20.1 Å². The van der Waals surface area contributed by atoms with Crippen molar-refractivity contribution in [3.63, 3.8) is 0 Å². The lowest BCUT2D eigenvalue weighted by Crippen LogP contribution is -2.14. The van der Waals surface area contributed by atoms with Crippen LogP contribution in [0.2, 0.25) is 0 Å². The largest absolute Gasteiger partial charge is 0.485 e. The molecule has 3 heterocycles. The highest BCUT2D eigenvalue weighted by atomic mass is 19.3. The van der Waals surface area contributed by atoms with Crippen molar-refractivity contribution in [2.24, 2.45) is 0 Å². The Balaban J connectivity index is 1.92. The first-order chi connectivity index (χ1) is 13.7. The zero-order valence-electron chi connectivity index (χ0n) is 15.9. The van der Waals surface area contributed by atoms with E-state index >= 15 is 0 Å². The van der Waals surface area contributed by atoms with Gasteiger partial charge in [0.15, 0.2) is 5.75 Å². The molecule has 0 aliphatic carbocycles. The lowest BCUT2D eigenvalue weighted by atomic mass is 10.3. The van der Waals surface area contributed by atoms with Gasteiger partial charge in [-0.05, 0) is 6.92 Å². The summed E-state index contributed by atoms with van der Waals surface area (Å²) in [5.41, 5.74) is 1.42. The fraction of sp³-hybridized carbons (Fsp3) is 0.278. The van der Waals surface area contributed by atoms with Gasteiger partial charge in [0.25, 0.3) is 0 Å². The fourth-order valence-corrected chi connectivity index (χ4v) is 2.33. The molecule has 0 fully saturated rings. The van der Waals surface area contributed by atoms with Crippen LogP contribution in [0.3, 0.4) is 0 Å². The number of nitrogens with zero attached hydrogens (tertiary/aromatic N) is 4. The van der Waals surface area contributed by atoms with Crippen molar-refractivity contribution in [2.45, 2.75) is 33.3 Å². The highest BCUT2D eigenvalue weighted by Gasteiger charge is 2.29. The van der Waals surface area contributed by atoms with Gasteiger partial charge in [0.2, 0.25) is 11.7 Å². The average molecular weight is 404 g/mol. The summed E-state index contributed by atoms with van der Waals surface area (Å²) in [5.74, 6) is -3.42. The minimum atomic E-state index is -3.20. The maximum absolute atomic E-state index is 13.7. The summed E-state index contributed by atoms with van der Waals surface area (Å²) in [7, 11) is 0. The van der Waals surface area contributed by atoms with E-state index in [-0.39, 0.29) is 24.1 Å². The summed E-state index contributed by atoms with van der Waals surface area (Å²) < 4.78 is 37.8. The number of hydrogen-bond acceptors (Lipinski definition) is 8. The number of carbonyl (C=O) groups is 1.